The van der Waals surface area contributed by atoms with E-state index in [0.29, 0.717) is 19.3 Å². The minimum atomic E-state index is -5.85. The minimum Gasteiger partial charge on any atom is -0.394 e. The molecule has 0 bridgehead atoms. The minimum absolute atomic E-state index is 0.0776. The van der Waals surface area contributed by atoms with Crippen LogP contribution in [0.1, 0.15) is 122 Å². The normalized spacial score (nSPS) is 22.6. The lowest BCUT2D eigenvalue weighted by atomic mass is 9.76. The molecule has 1 saturated heterocycles. The monoisotopic (exact) mass is 905 g/mol. The van der Waals surface area contributed by atoms with E-state index in [2.05, 4.69) is 66.0 Å². The number of aliphatic hydroxyl groups excluding tert-OH is 2. The number of hydrogen-bond donors (Lipinski definition) is 6. The molecule has 6 atom stereocenters. The number of unbranched alkanes of at least 4 members (excludes halogenated alkanes) is 10. The third-order valence-electron chi connectivity index (χ3n) is 13.9. The molecule has 0 radical (unpaired) electrons. The number of carbonyl (C=O) groups excluding carboxylic acids is 2. The number of amides is 1. The summed E-state index contributed by atoms with van der Waals surface area (Å²) >= 11 is 0. The van der Waals surface area contributed by atoms with Crippen LogP contribution in [-0.2, 0) is 37.3 Å². The lowest BCUT2D eigenvalue weighted by Crippen LogP contribution is -2.84. The Hall–Kier alpha value is -3.53. The molecule has 5 rings (SSSR count). The first-order valence-electron chi connectivity index (χ1n) is 22.9. The predicted molar refractivity (Wildman–Crippen MR) is 252 cm³/mol. The van der Waals surface area contributed by atoms with Crippen molar-refractivity contribution in [3.05, 3.63) is 96.1 Å². The van der Waals surface area contributed by atoms with E-state index in [-0.39, 0.29) is 12.8 Å². The van der Waals surface area contributed by atoms with E-state index in [4.69, 9.17) is 4.74 Å². The van der Waals surface area contributed by atoms with Gasteiger partial charge < -0.3 is 30.5 Å². The maximum atomic E-state index is 14.3. The van der Waals surface area contributed by atoms with Crippen molar-refractivity contribution in [2.24, 2.45) is 0 Å². The smallest absolute Gasteiger partial charge is 0.301 e. The van der Waals surface area contributed by atoms with Gasteiger partial charge in [-0.3, -0.25) is 14.1 Å². The molecule has 1 aliphatic heterocycles. The highest BCUT2D eigenvalue weighted by Crippen LogP contribution is 2.48. The summed E-state index contributed by atoms with van der Waals surface area (Å²) in [5.74, 6) is -1.92. The molecule has 11 nitrogen and oxygen atoms in total. The number of benzene rings is 4. The van der Waals surface area contributed by atoms with E-state index in [1.807, 2.05) is 45.0 Å². The van der Waals surface area contributed by atoms with Crippen LogP contribution in [0.5, 0.6) is 0 Å². The SMILES string of the molecule is CC(C)(C)[Si](C)(C)C(O)[C@H]1O[C@H](O)[C@@H](NC(=O)CCCCCCCCc2ccc3ccccc3c2)[C@](O)(C(=O)CCCCCCCCc2ccc3ccccc3c2)[C@@]1(O)S(=O)(=O)O. The molecule has 1 amide bonds. The van der Waals surface area contributed by atoms with Crippen LogP contribution in [0.25, 0.3) is 21.5 Å². The zero-order valence-electron chi connectivity index (χ0n) is 37.9. The van der Waals surface area contributed by atoms with E-state index in [1.165, 1.54) is 32.7 Å². The van der Waals surface area contributed by atoms with Crippen LogP contribution in [0.3, 0.4) is 0 Å². The van der Waals surface area contributed by atoms with Crippen molar-refractivity contribution >= 4 is 51.4 Å². The van der Waals surface area contributed by atoms with E-state index >= 15 is 0 Å². The number of aliphatic hydroxyl groups is 4. The van der Waals surface area contributed by atoms with Gasteiger partial charge in [-0.2, -0.15) is 8.42 Å². The number of hydrogen-bond acceptors (Lipinski definition) is 9. The summed E-state index contributed by atoms with van der Waals surface area (Å²) in [6.45, 7) is 8.84. The second kappa shape index (κ2) is 21.6. The molecule has 0 spiro atoms. The van der Waals surface area contributed by atoms with Crippen LogP contribution in [0, 0.1) is 0 Å². The van der Waals surface area contributed by atoms with Crippen LogP contribution in [0.15, 0.2) is 84.9 Å². The average molecular weight is 906 g/mol. The Morgan fingerprint density at radius 2 is 1.13 bits per heavy atom. The van der Waals surface area contributed by atoms with Gasteiger partial charge in [-0.15, -0.1) is 0 Å². The Labute approximate surface area is 375 Å². The zero-order chi connectivity index (χ0) is 46.1. The summed E-state index contributed by atoms with van der Waals surface area (Å²) < 4.78 is 43.1. The van der Waals surface area contributed by atoms with Crippen LogP contribution < -0.4 is 5.32 Å². The molecule has 4 aromatic rings. The van der Waals surface area contributed by atoms with E-state index in [1.54, 1.807) is 13.1 Å². The summed E-state index contributed by atoms with van der Waals surface area (Å²) in [5.41, 5.74) is -2.75. The van der Waals surface area contributed by atoms with Gasteiger partial charge in [-0.1, -0.05) is 170 Å². The van der Waals surface area contributed by atoms with Gasteiger partial charge >= 0.3 is 10.1 Å². The summed E-state index contributed by atoms with van der Waals surface area (Å²) in [7, 11) is -8.96. The van der Waals surface area contributed by atoms with Gasteiger partial charge in [0, 0.05) is 12.8 Å². The predicted octanol–water partition coefficient (Wildman–Crippen LogP) is 8.73. The number of carbonyl (C=O) groups is 2. The Balaban J connectivity index is 1.19. The Morgan fingerprint density at radius 1 is 0.698 bits per heavy atom. The third-order valence-corrected chi connectivity index (χ3v) is 20.9. The van der Waals surface area contributed by atoms with Gasteiger partial charge in [0.05, 0.1) is 13.8 Å². The molecule has 0 aromatic heterocycles. The van der Waals surface area contributed by atoms with Crippen LogP contribution >= 0.6 is 0 Å². The van der Waals surface area contributed by atoms with Crippen molar-refractivity contribution < 1.29 is 47.7 Å². The topological polar surface area (TPSA) is 191 Å². The Kier molecular flexibility index (Phi) is 17.3. The number of aryl methyl sites for hydroxylation is 2. The van der Waals surface area contributed by atoms with Crippen molar-refractivity contribution in [1.82, 2.24) is 5.32 Å². The standard InChI is InChI=1S/C50H71NO10SSi/c1-48(2,3)63(4,5)47(55)45-50(57,62(58,59)60)49(56,42(52)28-16-12-8-6-10-14-22-36-30-32-38-24-18-20-26-40(38)34-36)44(46(54)61-45)51-43(53)29-17-13-9-7-11-15-23-37-31-33-39-25-19-21-27-41(39)35-37/h18-21,24-27,30-35,44-47,54-57H,6-17,22-23,28-29H2,1-5H3,(H,51,53)(H,58,59,60)/t44-,45-,46+,47?,49-,50+/m1/s1. The molecule has 6 N–H and O–H groups in total. The zero-order valence-corrected chi connectivity index (χ0v) is 39.7. The highest BCUT2D eigenvalue weighted by atomic mass is 32.2. The van der Waals surface area contributed by atoms with Crippen molar-refractivity contribution in [3.63, 3.8) is 0 Å². The molecular weight excluding hydrogens is 835 g/mol. The van der Waals surface area contributed by atoms with E-state index < -0.39 is 76.0 Å². The van der Waals surface area contributed by atoms with Gasteiger partial charge in [0.1, 0.15) is 12.1 Å². The molecule has 0 saturated carbocycles. The van der Waals surface area contributed by atoms with Crippen molar-refractivity contribution in [2.75, 3.05) is 0 Å². The number of ketones is 1. The summed E-state index contributed by atoms with van der Waals surface area (Å²) in [6.07, 6.45) is 6.11. The maximum absolute atomic E-state index is 14.3. The maximum Gasteiger partial charge on any atom is 0.301 e. The number of Topliss-reactive ketones (excluding diaryl/α,β-unsaturated/α-hetero) is 1. The van der Waals surface area contributed by atoms with E-state index in [9.17, 15) is 43.0 Å². The van der Waals surface area contributed by atoms with E-state index in [0.717, 1.165) is 64.2 Å². The second-order valence-corrected chi connectivity index (χ2v) is 26.5. The fourth-order valence-electron chi connectivity index (χ4n) is 8.84. The number of nitrogens with one attached hydrogen (secondary N) is 1. The molecule has 1 fully saturated rings. The molecule has 346 valence electrons. The average Bonchev–Trinajstić information content (AvgIpc) is 3.24. The van der Waals surface area contributed by atoms with Crippen molar-refractivity contribution in [2.45, 2.75) is 176 Å². The third kappa shape index (κ3) is 11.8. The molecule has 1 unspecified atom stereocenters. The molecule has 4 aromatic carbocycles. The Morgan fingerprint density at radius 3 is 1.59 bits per heavy atom. The largest absolute Gasteiger partial charge is 0.394 e. The summed E-state index contributed by atoms with van der Waals surface area (Å²) in [6, 6.07) is 27.3. The van der Waals surface area contributed by atoms with Gasteiger partial charge in [0.25, 0.3) is 4.93 Å². The number of rotatable bonds is 23. The molecule has 13 heteroatoms. The first kappa shape index (κ1) is 50.5. The molecular formula is C50H71NO10SSi. The van der Waals surface area contributed by atoms with Crippen molar-refractivity contribution in [1.29, 1.82) is 0 Å². The highest BCUT2D eigenvalue weighted by Gasteiger charge is 2.76. The first-order valence-corrected chi connectivity index (χ1v) is 27.4. The molecule has 63 heavy (non-hydrogen) atoms. The van der Waals surface area contributed by atoms with Crippen LogP contribution in [0.2, 0.25) is 18.1 Å². The molecule has 1 aliphatic rings. The van der Waals surface area contributed by atoms with Crippen LogP contribution in [0.4, 0.5) is 0 Å². The summed E-state index contributed by atoms with van der Waals surface area (Å²) in [4.78, 5) is 23.8. The fourth-order valence-corrected chi connectivity index (χ4v) is 12.0. The molecule has 1 heterocycles. The highest BCUT2D eigenvalue weighted by molar-refractivity contribution is 7.87. The fraction of sp³-hybridized carbons (Fsp3) is 0.560. The van der Waals surface area contributed by atoms with Gasteiger partial charge in [-0.05, 0) is 76.2 Å². The van der Waals surface area contributed by atoms with Gasteiger partial charge in [-0.25, -0.2) is 0 Å². The second-order valence-electron chi connectivity index (χ2n) is 19.4. The Bertz CT molecular complexity index is 2260. The number of fused-ring (bicyclic) bond motifs is 2. The van der Waals surface area contributed by atoms with Crippen molar-refractivity contribution in [3.8, 4) is 0 Å². The molecule has 0 aliphatic carbocycles. The lowest BCUT2D eigenvalue weighted by molar-refractivity contribution is -0.299. The van der Waals surface area contributed by atoms with Gasteiger partial charge in [0.2, 0.25) is 5.91 Å². The first-order chi connectivity index (χ1) is 29.7. The number of ether oxygens (including phenoxy) is 1. The van der Waals surface area contributed by atoms with Gasteiger partial charge in [0.15, 0.2) is 17.7 Å². The summed E-state index contributed by atoms with van der Waals surface area (Å²) in [5, 5.41) is 54.4. The van der Waals surface area contributed by atoms with Crippen LogP contribution in [-0.4, -0.2) is 87.9 Å². The quantitative estimate of drug-likeness (QED) is 0.0239. The lowest BCUT2D eigenvalue weighted by Gasteiger charge is -2.56.